The van der Waals surface area contributed by atoms with Crippen molar-refractivity contribution in [2.45, 2.75) is 44.4 Å². The molecule has 0 radical (unpaired) electrons. The Labute approximate surface area is 129 Å². The summed E-state index contributed by atoms with van der Waals surface area (Å²) in [6.07, 6.45) is 7.06. The Morgan fingerprint density at radius 3 is 2.67 bits per heavy atom. The summed E-state index contributed by atoms with van der Waals surface area (Å²) >= 11 is 1.50. The van der Waals surface area contributed by atoms with Crippen molar-refractivity contribution in [1.82, 2.24) is 14.3 Å². The highest BCUT2D eigenvalue weighted by atomic mass is 32.1. The summed E-state index contributed by atoms with van der Waals surface area (Å²) in [7, 11) is 0. The van der Waals surface area contributed by atoms with Crippen LogP contribution in [-0.4, -0.2) is 46.3 Å². The van der Waals surface area contributed by atoms with Crippen LogP contribution in [0.25, 0.3) is 0 Å². The van der Waals surface area contributed by atoms with Crippen LogP contribution < -0.4 is 4.90 Å². The Bertz CT molecular complexity index is 521. The van der Waals surface area contributed by atoms with Crippen molar-refractivity contribution in [2.24, 2.45) is 5.92 Å². The average Bonchev–Trinajstić information content (AvgIpc) is 3.07. The minimum absolute atomic E-state index is 0.163. The minimum Gasteiger partial charge on any atom is -0.346 e. The van der Waals surface area contributed by atoms with Crippen molar-refractivity contribution in [1.29, 1.82) is 0 Å². The van der Waals surface area contributed by atoms with Gasteiger partial charge < -0.3 is 9.80 Å². The lowest BCUT2D eigenvalue weighted by Crippen LogP contribution is -2.40. The van der Waals surface area contributed by atoms with Gasteiger partial charge in [-0.2, -0.15) is 4.37 Å². The first-order valence-electron chi connectivity index (χ1n) is 8.18. The highest BCUT2D eigenvalue weighted by molar-refractivity contribution is 7.09. The van der Waals surface area contributed by atoms with Crippen LogP contribution in [0.15, 0.2) is 0 Å². The van der Waals surface area contributed by atoms with Gasteiger partial charge in [0, 0.05) is 43.6 Å². The van der Waals surface area contributed by atoms with E-state index in [1.54, 1.807) is 0 Å². The minimum atomic E-state index is 0.163. The van der Waals surface area contributed by atoms with Crippen molar-refractivity contribution in [3.63, 3.8) is 0 Å². The second-order valence-electron chi connectivity index (χ2n) is 6.53. The van der Waals surface area contributed by atoms with Gasteiger partial charge in [0.2, 0.25) is 11.0 Å². The lowest BCUT2D eigenvalue weighted by molar-refractivity contribution is -0.135. The lowest BCUT2D eigenvalue weighted by atomic mass is 10.0. The zero-order chi connectivity index (χ0) is 14.2. The van der Waals surface area contributed by atoms with E-state index in [2.05, 4.69) is 19.2 Å². The molecule has 1 unspecified atom stereocenters. The molecular formula is C15H22N4OS. The van der Waals surface area contributed by atoms with Crippen LogP contribution >= 0.6 is 11.5 Å². The molecule has 4 rings (SSSR count). The van der Waals surface area contributed by atoms with Gasteiger partial charge in [-0.05, 0) is 38.5 Å². The normalized spacial score (nSPS) is 26.4. The van der Waals surface area contributed by atoms with Crippen LogP contribution in [0.4, 0.5) is 5.13 Å². The fraction of sp³-hybridized carbons (Fsp3) is 0.800. The summed E-state index contributed by atoms with van der Waals surface area (Å²) in [5.41, 5.74) is 0. The Balaban J connectivity index is 1.38. The smallest absolute Gasteiger partial charge is 0.227 e. The first-order valence-corrected chi connectivity index (χ1v) is 8.96. The maximum atomic E-state index is 12.6. The number of hydrogen-bond acceptors (Lipinski definition) is 5. The van der Waals surface area contributed by atoms with E-state index in [1.165, 1.54) is 43.6 Å². The largest absolute Gasteiger partial charge is 0.346 e. The molecule has 6 heteroatoms. The molecule has 0 bridgehead atoms. The third kappa shape index (κ3) is 2.78. The molecule has 0 spiro atoms. The van der Waals surface area contributed by atoms with Crippen molar-refractivity contribution < 1.29 is 4.79 Å². The molecule has 0 aromatic carbocycles. The number of carbonyl (C=O) groups excluding carboxylic acids is 1. The van der Waals surface area contributed by atoms with Gasteiger partial charge in [0.05, 0.1) is 5.92 Å². The maximum Gasteiger partial charge on any atom is 0.227 e. The molecule has 1 aliphatic carbocycles. The summed E-state index contributed by atoms with van der Waals surface area (Å²) < 4.78 is 4.48. The Kier molecular flexibility index (Phi) is 3.57. The third-order valence-corrected chi connectivity index (χ3v) is 5.64. The molecule has 3 fully saturated rings. The molecule has 114 valence electrons. The van der Waals surface area contributed by atoms with Crippen LogP contribution in [0.2, 0.25) is 0 Å². The number of amides is 1. The number of likely N-dealkylation sites (tertiary alicyclic amines) is 1. The van der Waals surface area contributed by atoms with Gasteiger partial charge in [-0.25, -0.2) is 4.98 Å². The molecule has 0 N–H and O–H groups in total. The van der Waals surface area contributed by atoms with Gasteiger partial charge >= 0.3 is 0 Å². The van der Waals surface area contributed by atoms with Gasteiger partial charge in [-0.1, -0.05) is 0 Å². The Hall–Kier alpha value is -1.17. The van der Waals surface area contributed by atoms with Crippen molar-refractivity contribution in [3.05, 3.63) is 5.82 Å². The van der Waals surface area contributed by atoms with E-state index in [9.17, 15) is 4.79 Å². The molecule has 1 aromatic heterocycles. The van der Waals surface area contributed by atoms with E-state index in [0.717, 1.165) is 43.6 Å². The van der Waals surface area contributed by atoms with Crippen molar-refractivity contribution >= 4 is 22.6 Å². The molecule has 3 heterocycles. The molecule has 1 amide bonds. The highest BCUT2D eigenvalue weighted by Gasteiger charge is 2.34. The summed E-state index contributed by atoms with van der Waals surface area (Å²) in [6.45, 7) is 3.69. The third-order valence-electron chi connectivity index (χ3n) is 4.85. The fourth-order valence-electron chi connectivity index (χ4n) is 3.37. The number of aromatic nitrogens is 2. The van der Waals surface area contributed by atoms with Crippen LogP contribution in [0.3, 0.4) is 0 Å². The number of piperidine rings is 1. The zero-order valence-corrected chi connectivity index (χ0v) is 13.1. The Morgan fingerprint density at radius 1 is 1.10 bits per heavy atom. The van der Waals surface area contributed by atoms with Crippen LogP contribution in [0.5, 0.6) is 0 Å². The summed E-state index contributed by atoms with van der Waals surface area (Å²) in [5.74, 6) is 2.17. The number of rotatable bonds is 3. The second-order valence-corrected chi connectivity index (χ2v) is 7.26. The van der Waals surface area contributed by atoms with E-state index < -0.39 is 0 Å². The summed E-state index contributed by atoms with van der Waals surface area (Å²) in [4.78, 5) is 21.6. The number of nitrogens with zero attached hydrogens (tertiary/aromatic N) is 4. The molecule has 1 atom stereocenters. The molecule has 5 nitrogen and oxygen atoms in total. The molecule has 2 saturated heterocycles. The van der Waals surface area contributed by atoms with Gasteiger partial charge in [-0.3, -0.25) is 4.79 Å². The van der Waals surface area contributed by atoms with E-state index in [-0.39, 0.29) is 5.92 Å². The second kappa shape index (κ2) is 5.55. The van der Waals surface area contributed by atoms with Crippen LogP contribution in [0.1, 0.15) is 50.3 Å². The predicted molar refractivity (Wildman–Crippen MR) is 82.6 cm³/mol. The monoisotopic (exact) mass is 306 g/mol. The highest BCUT2D eigenvalue weighted by Crippen LogP contribution is 2.40. The summed E-state index contributed by atoms with van der Waals surface area (Å²) in [5, 5.41) is 1.02. The van der Waals surface area contributed by atoms with Crippen molar-refractivity contribution in [2.75, 3.05) is 31.1 Å². The quantitative estimate of drug-likeness (QED) is 0.859. The first-order chi connectivity index (χ1) is 10.3. The molecule has 1 saturated carbocycles. The fourth-order valence-corrected chi connectivity index (χ4v) is 4.15. The van der Waals surface area contributed by atoms with Gasteiger partial charge in [0.25, 0.3) is 0 Å². The van der Waals surface area contributed by atoms with E-state index >= 15 is 0 Å². The predicted octanol–water partition coefficient (Wildman–Crippen LogP) is 2.25. The van der Waals surface area contributed by atoms with E-state index in [0.29, 0.717) is 11.8 Å². The Morgan fingerprint density at radius 2 is 1.90 bits per heavy atom. The van der Waals surface area contributed by atoms with Crippen molar-refractivity contribution in [3.8, 4) is 0 Å². The van der Waals surface area contributed by atoms with Gasteiger partial charge in [-0.15, -0.1) is 0 Å². The van der Waals surface area contributed by atoms with E-state index in [1.807, 2.05) is 0 Å². The topological polar surface area (TPSA) is 49.3 Å². The molecule has 1 aromatic rings. The van der Waals surface area contributed by atoms with Crippen LogP contribution in [-0.2, 0) is 4.79 Å². The number of hydrogen-bond donors (Lipinski definition) is 0. The molecule has 21 heavy (non-hydrogen) atoms. The molecular weight excluding hydrogens is 284 g/mol. The van der Waals surface area contributed by atoms with E-state index in [4.69, 9.17) is 0 Å². The average molecular weight is 306 g/mol. The molecule has 2 aliphatic heterocycles. The number of anilines is 1. The summed E-state index contributed by atoms with van der Waals surface area (Å²) in [6, 6.07) is 0. The SMILES string of the molecule is O=C(C1CCN(c2nc(C3CC3)ns2)C1)N1CCCCC1. The standard InChI is InChI=1S/C15H22N4OS/c20-14(18-7-2-1-3-8-18)12-6-9-19(10-12)15-16-13(17-21-15)11-4-5-11/h11-12H,1-10H2. The van der Waals surface area contributed by atoms with Gasteiger partial charge in [0.1, 0.15) is 5.82 Å². The lowest BCUT2D eigenvalue weighted by Gasteiger charge is -2.29. The first kappa shape index (κ1) is 13.5. The van der Waals surface area contributed by atoms with Crippen LogP contribution in [0, 0.1) is 5.92 Å². The molecule has 3 aliphatic rings. The zero-order valence-electron chi connectivity index (χ0n) is 12.3. The maximum absolute atomic E-state index is 12.6. The number of carbonyl (C=O) groups is 1. The van der Waals surface area contributed by atoms with Gasteiger partial charge in [0.15, 0.2) is 0 Å².